The number of carbonyl (C=O) groups excluding carboxylic acids is 3. The number of unbranched alkanes of at least 4 members (excludes halogenated alkanes) is 5. The number of carboxylic acids is 1. The van der Waals surface area contributed by atoms with E-state index in [-0.39, 0.29) is 38.9 Å². The molecule has 0 aromatic carbocycles. The zero-order valence-electron chi connectivity index (χ0n) is 14.3. The van der Waals surface area contributed by atoms with Crippen LogP contribution in [0.3, 0.4) is 0 Å². The Morgan fingerprint density at radius 3 is 1.72 bits per heavy atom. The molecule has 2 amide bonds. The number of hydrogen-bond acceptors (Lipinski definition) is 7. The molecule has 0 bridgehead atoms. The van der Waals surface area contributed by atoms with E-state index in [1.807, 2.05) is 0 Å². The van der Waals surface area contributed by atoms with Gasteiger partial charge in [-0.05, 0) is 12.8 Å². The second kappa shape index (κ2) is 14.4. The van der Waals surface area contributed by atoms with E-state index < -0.39 is 23.8 Å². The van der Waals surface area contributed by atoms with E-state index >= 15 is 0 Å². The van der Waals surface area contributed by atoms with Gasteiger partial charge in [-0.1, -0.05) is 25.7 Å². The van der Waals surface area contributed by atoms with Crippen LogP contribution in [-0.4, -0.2) is 57.3 Å². The van der Waals surface area contributed by atoms with Crippen LogP contribution in [0.1, 0.15) is 64.2 Å². The van der Waals surface area contributed by atoms with Crippen molar-refractivity contribution in [3.63, 3.8) is 0 Å². The monoisotopic (exact) mass is 361 g/mol. The Morgan fingerprint density at radius 1 is 0.840 bits per heavy atom. The standard InChI is InChI=1S/C14H21NO6.C2H6O2/c16-11-9-10-12(17)15(11)21-14(20)8-6-4-2-1-3-5-7-13(18)19;3-1-2-4/h1-10H2,(H,18,19);3-4H,1-2H2. The molecule has 0 aromatic rings. The Bertz CT molecular complexity index is 420. The topological polar surface area (TPSA) is 141 Å². The first kappa shape index (κ1) is 23.0. The van der Waals surface area contributed by atoms with Crippen LogP contribution >= 0.6 is 0 Å². The predicted octanol–water partition coefficient (Wildman–Crippen LogP) is 0.770. The Morgan fingerprint density at radius 2 is 1.28 bits per heavy atom. The van der Waals surface area contributed by atoms with E-state index in [2.05, 4.69) is 0 Å². The molecule has 0 aromatic heterocycles. The molecular formula is C16H27NO8. The summed E-state index contributed by atoms with van der Waals surface area (Å²) in [7, 11) is 0. The highest BCUT2D eigenvalue weighted by atomic mass is 16.7. The molecule has 1 rings (SSSR count). The third kappa shape index (κ3) is 12.1. The van der Waals surface area contributed by atoms with Crippen molar-refractivity contribution < 1.29 is 39.3 Å². The number of hydroxylamine groups is 2. The number of hydrogen-bond donors (Lipinski definition) is 3. The highest BCUT2D eigenvalue weighted by molar-refractivity contribution is 6.01. The largest absolute Gasteiger partial charge is 0.481 e. The van der Waals surface area contributed by atoms with Crippen molar-refractivity contribution in [1.82, 2.24) is 5.06 Å². The highest BCUT2D eigenvalue weighted by Crippen LogP contribution is 2.14. The van der Waals surface area contributed by atoms with Crippen LogP contribution in [0, 0.1) is 0 Å². The van der Waals surface area contributed by atoms with Gasteiger partial charge in [-0.15, -0.1) is 5.06 Å². The zero-order chi connectivity index (χ0) is 19.1. The number of amides is 2. The summed E-state index contributed by atoms with van der Waals surface area (Å²) >= 11 is 0. The SMILES string of the molecule is O=C(O)CCCCCCCCC(=O)ON1C(=O)CCC1=O.OCCO. The molecule has 1 fully saturated rings. The minimum Gasteiger partial charge on any atom is -0.481 e. The average molecular weight is 361 g/mol. The third-order valence-electron chi connectivity index (χ3n) is 3.32. The molecule has 9 nitrogen and oxygen atoms in total. The number of nitrogens with zero attached hydrogens (tertiary/aromatic N) is 1. The Balaban J connectivity index is 0.00000129. The van der Waals surface area contributed by atoms with E-state index in [0.29, 0.717) is 17.9 Å². The molecule has 25 heavy (non-hydrogen) atoms. The number of rotatable bonds is 11. The van der Waals surface area contributed by atoms with Gasteiger partial charge in [0.05, 0.1) is 13.2 Å². The van der Waals surface area contributed by atoms with E-state index in [9.17, 15) is 19.2 Å². The summed E-state index contributed by atoms with van der Waals surface area (Å²) in [5.74, 6) is -2.27. The first-order valence-corrected chi connectivity index (χ1v) is 8.42. The molecular weight excluding hydrogens is 334 g/mol. The average Bonchev–Trinajstić information content (AvgIpc) is 2.89. The van der Waals surface area contributed by atoms with Crippen molar-refractivity contribution in [2.24, 2.45) is 0 Å². The quantitative estimate of drug-likeness (QED) is 0.362. The predicted molar refractivity (Wildman–Crippen MR) is 85.9 cm³/mol. The molecule has 1 aliphatic rings. The van der Waals surface area contributed by atoms with Gasteiger partial charge in [-0.3, -0.25) is 14.4 Å². The number of aliphatic carboxylic acids is 1. The van der Waals surface area contributed by atoms with Crippen LogP contribution in [0.15, 0.2) is 0 Å². The highest BCUT2D eigenvalue weighted by Gasteiger charge is 2.32. The maximum absolute atomic E-state index is 11.5. The van der Waals surface area contributed by atoms with Crippen molar-refractivity contribution in [1.29, 1.82) is 0 Å². The molecule has 1 heterocycles. The number of imide groups is 1. The fourth-order valence-electron chi connectivity index (χ4n) is 2.06. The van der Waals surface area contributed by atoms with Crippen LogP contribution in [0.25, 0.3) is 0 Å². The first-order chi connectivity index (χ1) is 11.9. The summed E-state index contributed by atoms with van der Waals surface area (Å²) in [5.41, 5.74) is 0. The van der Waals surface area contributed by atoms with E-state index in [4.69, 9.17) is 20.2 Å². The zero-order valence-corrected chi connectivity index (χ0v) is 14.3. The molecule has 0 radical (unpaired) electrons. The molecule has 0 aliphatic carbocycles. The van der Waals surface area contributed by atoms with Crippen molar-refractivity contribution in [3.05, 3.63) is 0 Å². The van der Waals surface area contributed by atoms with Gasteiger partial charge in [0.2, 0.25) is 0 Å². The Kier molecular flexibility index (Phi) is 13.2. The lowest BCUT2D eigenvalue weighted by molar-refractivity contribution is -0.197. The molecule has 0 atom stereocenters. The van der Waals surface area contributed by atoms with Crippen molar-refractivity contribution in [2.45, 2.75) is 64.2 Å². The fraction of sp³-hybridized carbons (Fsp3) is 0.750. The summed E-state index contributed by atoms with van der Waals surface area (Å²) in [5, 5.41) is 24.3. The van der Waals surface area contributed by atoms with Gasteiger partial charge in [0.1, 0.15) is 0 Å². The summed E-state index contributed by atoms with van der Waals surface area (Å²) in [6.45, 7) is -0.250. The Labute approximate surface area is 146 Å². The molecule has 9 heteroatoms. The Hall–Kier alpha value is -2.00. The summed E-state index contributed by atoms with van der Waals surface area (Å²) in [4.78, 5) is 49.0. The second-order valence-corrected chi connectivity index (χ2v) is 5.51. The van der Waals surface area contributed by atoms with Crippen molar-refractivity contribution in [3.8, 4) is 0 Å². The number of carboxylic acid groups (broad SMARTS) is 1. The van der Waals surface area contributed by atoms with Gasteiger partial charge >= 0.3 is 11.9 Å². The van der Waals surface area contributed by atoms with E-state index in [1.165, 1.54) is 0 Å². The van der Waals surface area contributed by atoms with Gasteiger partial charge in [0.15, 0.2) is 0 Å². The van der Waals surface area contributed by atoms with Crippen LogP contribution in [0.5, 0.6) is 0 Å². The minimum atomic E-state index is -0.774. The number of aliphatic hydroxyl groups excluding tert-OH is 2. The maximum Gasteiger partial charge on any atom is 0.333 e. The number of carbonyl (C=O) groups is 4. The molecule has 0 unspecified atom stereocenters. The van der Waals surface area contributed by atoms with Crippen molar-refractivity contribution in [2.75, 3.05) is 13.2 Å². The van der Waals surface area contributed by atoms with Crippen LogP contribution in [0.4, 0.5) is 0 Å². The second-order valence-electron chi connectivity index (χ2n) is 5.51. The van der Waals surface area contributed by atoms with Crippen LogP contribution < -0.4 is 0 Å². The van der Waals surface area contributed by atoms with Gasteiger partial charge in [0, 0.05) is 25.7 Å². The molecule has 1 saturated heterocycles. The normalized spacial score (nSPS) is 13.4. The van der Waals surface area contributed by atoms with Gasteiger partial charge in [-0.25, -0.2) is 4.79 Å². The summed E-state index contributed by atoms with van der Waals surface area (Å²) < 4.78 is 0. The third-order valence-corrected chi connectivity index (χ3v) is 3.32. The van der Waals surface area contributed by atoms with Gasteiger partial charge in [0.25, 0.3) is 11.8 Å². The molecule has 144 valence electrons. The lowest BCUT2D eigenvalue weighted by Crippen LogP contribution is -2.31. The minimum absolute atomic E-state index is 0.0997. The molecule has 3 N–H and O–H groups in total. The smallest absolute Gasteiger partial charge is 0.333 e. The maximum atomic E-state index is 11.5. The molecule has 0 saturated carbocycles. The van der Waals surface area contributed by atoms with Gasteiger partial charge < -0.3 is 20.2 Å². The lowest BCUT2D eigenvalue weighted by Gasteiger charge is -2.12. The summed E-state index contributed by atoms with van der Waals surface area (Å²) in [6.07, 6.45) is 5.45. The van der Waals surface area contributed by atoms with E-state index in [1.54, 1.807) is 0 Å². The van der Waals surface area contributed by atoms with Crippen LogP contribution in [-0.2, 0) is 24.0 Å². The fourth-order valence-corrected chi connectivity index (χ4v) is 2.06. The molecule has 0 spiro atoms. The summed E-state index contributed by atoms with van der Waals surface area (Å²) in [6, 6.07) is 0. The van der Waals surface area contributed by atoms with Crippen molar-refractivity contribution >= 4 is 23.8 Å². The first-order valence-electron chi connectivity index (χ1n) is 8.42. The molecule has 1 aliphatic heterocycles. The van der Waals surface area contributed by atoms with Gasteiger partial charge in [-0.2, -0.15) is 0 Å². The van der Waals surface area contributed by atoms with Crippen LogP contribution in [0.2, 0.25) is 0 Å². The lowest BCUT2D eigenvalue weighted by atomic mass is 10.1. The van der Waals surface area contributed by atoms with E-state index in [0.717, 1.165) is 25.7 Å². The number of aliphatic hydroxyl groups is 2.